The summed E-state index contributed by atoms with van der Waals surface area (Å²) in [5.41, 5.74) is 3.75. The summed E-state index contributed by atoms with van der Waals surface area (Å²) in [6.45, 7) is 4.56. The highest BCUT2D eigenvalue weighted by molar-refractivity contribution is 9.10. The first-order chi connectivity index (χ1) is 9.13. The Balaban J connectivity index is 2.00. The van der Waals surface area contributed by atoms with Crippen LogP contribution < -0.4 is 0 Å². The van der Waals surface area contributed by atoms with Gasteiger partial charge in [0.25, 0.3) is 0 Å². The highest BCUT2D eigenvalue weighted by Gasteiger charge is 2.21. The molecule has 3 heteroatoms. The maximum absolute atomic E-state index is 4.94. The topological polar surface area (TPSA) is 16.1 Å². The van der Waals surface area contributed by atoms with Gasteiger partial charge in [0.2, 0.25) is 0 Å². The third-order valence-electron chi connectivity index (χ3n) is 4.11. The van der Waals surface area contributed by atoms with E-state index in [2.05, 4.69) is 59.1 Å². The second-order valence-corrected chi connectivity index (χ2v) is 6.52. The zero-order valence-corrected chi connectivity index (χ0v) is 13.1. The molecule has 0 spiro atoms. The van der Waals surface area contributed by atoms with Crippen molar-refractivity contribution in [2.24, 2.45) is 0 Å². The van der Waals surface area contributed by atoms with Gasteiger partial charge in [-0.25, -0.2) is 0 Å². The first kappa shape index (κ1) is 13.1. The standard InChI is InChI=1S/C16H19BrN2/c1-11-9-13-3-4-14(17)10-15(13)18-16(11)12-5-7-19(2)8-6-12/h3-4,9-10,12H,5-8H2,1-2H3. The minimum atomic E-state index is 0.625. The molecule has 1 aromatic heterocycles. The van der Waals surface area contributed by atoms with Crippen LogP contribution in [0.3, 0.4) is 0 Å². The fourth-order valence-corrected chi connectivity index (χ4v) is 3.31. The molecule has 0 aliphatic carbocycles. The van der Waals surface area contributed by atoms with Gasteiger partial charge in [0.05, 0.1) is 5.52 Å². The Morgan fingerprint density at radius 1 is 1.21 bits per heavy atom. The van der Waals surface area contributed by atoms with Crippen LogP contribution in [0, 0.1) is 6.92 Å². The van der Waals surface area contributed by atoms with Gasteiger partial charge in [0.15, 0.2) is 0 Å². The van der Waals surface area contributed by atoms with Crippen LogP contribution in [-0.2, 0) is 0 Å². The van der Waals surface area contributed by atoms with Gasteiger partial charge in [0, 0.05) is 21.5 Å². The number of hydrogen-bond acceptors (Lipinski definition) is 2. The van der Waals surface area contributed by atoms with Gasteiger partial charge in [-0.05, 0) is 63.7 Å². The van der Waals surface area contributed by atoms with Gasteiger partial charge in [0.1, 0.15) is 0 Å². The molecule has 0 saturated carbocycles. The molecule has 1 saturated heterocycles. The smallest absolute Gasteiger partial charge is 0.0716 e. The zero-order valence-electron chi connectivity index (χ0n) is 11.5. The van der Waals surface area contributed by atoms with Gasteiger partial charge in [-0.3, -0.25) is 4.98 Å². The molecule has 100 valence electrons. The molecule has 0 radical (unpaired) electrons. The quantitative estimate of drug-likeness (QED) is 0.786. The number of rotatable bonds is 1. The van der Waals surface area contributed by atoms with E-state index in [0.29, 0.717) is 5.92 Å². The molecular formula is C16H19BrN2. The number of aryl methyl sites for hydroxylation is 1. The van der Waals surface area contributed by atoms with Gasteiger partial charge < -0.3 is 4.90 Å². The summed E-state index contributed by atoms with van der Waals surface area (Å²) in [5.74, 6) is 0.625. The van der Waals surface area contributed by atoms with Crippen molar-refractivity contribution in [3.05, 3.63) is 40.0 Å². The van der Waals surface area contributed by atoms with Crippen molar-refractivity contribution in [3.63, 3.8) is 0 Å². The zero-order chi connectivity index (χ0) is 13.4. The third kappa shape index (κ3) is 2.67. The number of fused-ring (bicyclic) bond motifs is 1. The maximum Gasteiger partial charge on any atom is 0.0716 e. The fourth-order valence-electron chi connectivity index (χ4n) is 2.96. The number of pyridine rings is 1. The number of nitrogens with zero attached hydrogens (tertiary/aromatic N) is 2. The number of aromatic nitrogens is 1. The second-order valence-electron chi connectivity index (χ2n) is 5.61. The Kier molecular flexibility index (Phi) is 3.59. The number of likely N-dealkylation sites (tertiary alicyclic amines) is 1. The Morgan fingerprint density at radius 2 is 1.95 bits per heavy atom. The van der Waals surface area contributed by atoms with Crippen molar-refractivity contribution >= 4 is 26.8 Å². The summed E-state index contributed by atoms with van der Waals surface area (Å²) in [7, 11) is 2.20. The summed E-state index contributed by atoms with van der Waals surface area (Å²) >= 11 is 3.53. The number of halogens is 1. The average molecular weight is 319 g/mol. The van der Waals surface area contributed by atoms with E-state index in [1.165, 1.54) is 42.6 Å². The maximum atomic E-state index is 4.94. The van der Waals surface area contributed by atoms with E-state index in [9.17, 15) is 0 Å². The predicted molar refractivity (Wildman–Crippen MR) is 83.7 cm³/mol. The molecule has 2 aromatic rings. The minimum Gasteiger partial charge on any atom is -0.306 e. The van der Waals surface area contributed by atoms with Crippen molar-refractivity contribution in [3.8, 4) is 0 Å². The molecule has 19 heavy (non-hydrogen) atoms. The van der Waals surface area contributed by atoms with Crippen LogP contribution in [-0.4, -0.2) is 30.0 Å². The third-order valence-corrected chi connectivity index (χ3v) is 4.61. The summed E-state index contributed by atoms with van der Waals surface area (Å²) in [4.78, 5) is 7.34. The van der Waals surface area contributed by atoms with Gasteiger partial charge in [-0.2, -0.15) is 0 Å². The molecule has 1 aliphatic rings. The highest BCUT2D eigenvalue weighted by atomic mass is 79.9. The lowest BCUT2D eigenvalue weighted by atomic mass is 9.90. The highest BCUT2D eigenvalue weighted by Crippen LogP contribution is 2.30. The lowest BCUT2D eigenvalue weighted by Crippen LogP contribution is -2.29. The van der Waals surface area contributed by atoms with Crippen LogP contribution in [0.1, 0.15) is 30.0 Å². The number of hydrogen-bond donors (Lipinski definition) is 0. The molecule has 1 fully saturated rings. The Bertz CT molecular complexity index is 601. The van der Waals surface area contributed by atoms with Crippen LogP contribution in [0.2, 0.25) is 0 Å². The van der Waals surface area contributed by atoms with Gasteiger partial charge in [-0.15, -0.1) is 0 Å². The molecule has 0 unspecified atom stereocenters. The summed E-state index contributed by atoms with van der Waals surface area (Å²) in [5, 5.41) is 1.23. The molecule has 1 aliphatic heterocycles. The van der Waals surface area contributed by atoms with Gasteiger partial charge >= 0.3 is 0 Å². The van der Waals surface area contributed by atoms with Crippen LogP contribution in [0.25, 0.3) is 10.9 Å². The first-order valence-corrected chi connectivity index (χ1v) is 7.68. The first-order valence-electron chi connectivity index (χ1n) is 6.89. The van der Waals surface area contributed by atoms with Gasteiger partial charge in [-0.1, -0.05) is 22.0 Å². The van der Waals surface area contributed by atoms with E-state index in [-0.39, 0.29) is 0 Å². The molecule has 0 bridgehead atoms. The average Bonchev–Trinajstić information content (AvgIpc) is 2.40. The van der Waals surface area contributed by atoms with Crippen molar-refractivity contribution in [2.75, 3.05) is 20.1 Å². The normalized spacial score (nSPS) is 18.1. The molecule has 1 aromatic carbocycles. The number of piperidine rings is 1. The van der Waals surface area contributed by atoms with E-state index in [4.69, 9.17) is 4.98 Å². The summed E-state index contributed by atoms with van der Waals surface area (Å²) < 4.78 is 1.10. The molecule has 0 atom stereocenters. The SMILES string of the molecule is Cc1cc2ccc(Br)cc2nc1C1CCN(C)CC1. The minimum absolute atomic E-state index is 0.625. The Hall–Kier alpha value is -0.930. The van der Waals surface area contributed by atoms with E-state index in [0.717, 1.165) is 9.99 Å². The Labute approximate surface area is 123 Å². The molecule has 0 N–H and O–H groups in total. The fraction of sp³-hybridized carbons (Fsp3) is 0.438. The molecular weight excluding hydrogens is 300 g/mol. The lowest BCUT2D eigenvalue weighted by molar-refractivity contribution is 0.253. The van der Waals surface area contributed by atoms with Crippen LogP contribution in [0.4, 0.5) is 0 Å². The van der Waals surface area contributed by atoms with E-state index < -0.39 is 0 Å². The van der Waals surface area contributed by atoms with Crippen molar-refractivity contribution in [1.29, 1.82) is 0 Å². The van der Waals surface area contributed by atoms with Crippen molar-refractivity contribution in [1.82, 2.24) is 9.88 Å². The molecule has 0 amide bonds. The summed E-state index contributed by atoms with van der Waals surface area (Å²) in [6.07, 6.45) is 2.45. The Morgan fingerprint density at radius 3 is 2.68 bits per heavy atom. The van der Waals surface area contributed by atoms with Crippen molar-refractivity contribution in [2.45, 2.75) is 25.7 Å². The van der Waals surface area contributed by atoms with E-state index in [1.54, 1.807) is 0 Å². The van der Waals surface area contributed by atoms with E-state index in [1.807, 2.05) is 0 Å². The predicted octanol–water partition coefficient (Wildman–Crippen LogP) is 4.11. The molecule has 2 nitrogen and oxygen atoms in total. The largest absolute Gasteiger partial charge is 0.306 e. The van der Waals surface area contributed by atoms with E-state index >= 15 is 0 Å². The second kappa shape index (κ2) is 5.22. The number of benzene rings is 1. The van der Waals surface area contributed by atoms with Crippen LogP contribution in [0.15, 0.2) is 28.7 Å². The monoisotopic (exact) mass is 318 g/mol. The summed E-state index contributed by atoms with van der Waals surface area (Å²) in [6, 6.07) is 8.62. The molecule has 3 rings (SSSR count). The van der Waals surface area contributed by atoms with Crippen LogP contribution in [0.5, 0.6) is 0 Å². The van der Waals surface area contributed by atoms with Crippen LogP contribution >= 0.6 is 15.9 Å². The molecule has 2 heterocycles. The van der Waals surface area contributed by atoms with Crippen molar-refractivity contribution < 1.29 is 0 Å². The lowest BCUT2D eigenvalue weighted by Gasteiger charge is -2.29.